The van der Waals surface area contributed by atoms with Gasteiger partial charge in [-0.3, -0.25) is 13.9 Å². The van der Waals surface area contributed by atoms with Gasteiger partial charge in [0.2, 0.25) is 0 Å². The third-order valence-electron chi connectivity index (χ3n) is 1.79. The van der Waals surface area contributed by atoms with Crippen LogP contribution in [0.4, 0.5) is 0 Å². The first-order chi connectivity index (χ1) is 9.41. The van der Waals surface area contributed by atoms with Crippen molar-refractivity contribution in [3.05, 3.63) is 35.9 Å². The molecule has 0 saturated carbocycles. The van der Waals surface area contributed by atoms with Gasteiger partial charge < -0.3 is 10.8 Å². The molecule has 0 radical (unpaired) electrons. The quantitative estimate of drug-likeness (QED) is 0.496. The molecule has 1 aromatic carbocycles. The molecule has 1 atom stereocenters. The Morgan fingerprint density at radius 3 is 1.81 bits per heavy atom. The van der Waals surface area contributed by atoms with Crippen molar-refractivity contribution in [3.8, 4) is 0 Å². The SMILES string of the molecule is N[C@@H](Cc1ccccc1)C(=O)O.O=S(=O)(O)OS(=O)(=O)O. The average molecular weight is 343 g/mol. The lowest BCUT2D eigenvalue weighted by Gasteiger charge is -2.04. The Bertz CT molecular complexity index is 624. The fourth-order valence-electron chi connectivity index (χ4n) is 1.06. The molecule has 0 aliphatic rings. The molecule has 0 aliphatic heterocycles. The molecule has 0 bridgehead atoms. The van der Waals surface area contributed by atoms with Crippen LogP contribution >= 0.6 is 0 Å². The number of carbonyl (C=O) groups is 1. The third-order valence-corrected chi connectivity index (χ3v) is 3.16. The predicted octanol–water partition coefficient (Wildman–Crippen LogP) is -0.750. The average Bonchev–Trinajstić information content (AvgIpc) is 2.26. The normalized spacial score (nSPS) is 12.9. The van der Waals surface area contributed by atoms with Gasteiger partial charge in [-0.05, 0) is 12.0 Å². The van der Waals surface area contributed by atoms with Gasteiger partial charge in [-0.1, -0.05) is 30.3 Å². The Hall–Kier alpha value is -1.57. The van der Waals surface area contributed by atoms with Crippen molar-refractivity contribution >= 4 is 26.8 Å². The second kappa shape index (κ2) is 8.02. The molecule has 1 aromatic rings. The van der Waals surface area contributed by atoms with Gasteiger partial charge >= 0.3 is 26.8 Å². The molecule has 0 heterocycles. The minimum absolute atomic E-state index is 0.385. The molecule has 5 N–H and O–H groups in total. The van der Waals surface area contributed by atoms with E-state index in [1.165, 1.54) is 0 Å². The van der Waals surface area contributed by atoms with Crippen molar-refractivity contribution < 1.29 is 39.5 Å². The van der Waals surface area contributed by atoms with E-state index in [0.717, 1.165) is 5.56 Å². The summed E-state index contributed by atoms with van der Waals surface area (Å²) in [6.45, 7) is 0. The van der Waals surface area contributed by atoms with E-state index in [0.29, 0.717) is 6.42 Å². The second-order valence-corrected chi connectivity index (χ2v) is 5.81. The van der Waals surface area contributed by atoms with Gasteiger partial charge in [0, 0.05) is 0 Å². The van der Waals surface area contributed by atoms with Crippen molar-refractivity contribution in [1.82, 2.24) is 0 Å². The van der Waals surface area contributed by atoms with Crippen LogP contribution in [0.15, 0.2) is 30.3 Å². The second-order valence-electron chi connectivity index (χ2n) is 3.56. The lowest BCUT2D eigenvalue weighted by atomic mass is 10.1. The van der Waals surface area contributed by atoms with Gasteiger partial charge in [-0.25, -0.2) is 0 Å². The summed E-state index contributed by atoms with van der Waals surface area (Å²) in [5.41, 5.74) is 6.30. The first-order valence-corrected chi connectivity index (χ1v) is 7.82. The number of rotatable bonds is 5. The molecule has 21 heavy (non-hydrogen) atoms. The van der Waals surface area contributed by atoms with Crippen LogP contribution in [-0.2, 0) is 35.6 Å². The van der Waals surface area contributed by atoms with Crippen LogP contribution in [0.5, 0.6) is 0 Å². The van der Waals surface area contributed by atoms with Crippen molar-refractivity contribution in [2.75, 3.05) is 0 Å². The van der Waals surface area contributed by atoms with E-state index >= 15 is 0 Å². The topological polar surface area (TPSA) is 181 Å². The number of benzene rings is 1. The lowest BCUT2D eigenvalue weighted by molar-refractivity contribution is -0.138. The first kappa shape index (κ1) is 19.4. The molecule has 10 nitrogen and oxygen atoms in total. The van der Waals surface area contributed by atoms with Gasteiger partial charge in [0.1, 0.15) is 6.04 Å². The standard InChI is InChI=1S/C9H11NO2.H2O7S2/c10-8(9(11)12)6-7-4-2-1-3-5-7;1-8(2,3)7-9(4,5)6/h1-5,8H,6,10H2,(H,11,12);(H,1,2,3)(H,4,5,6)/t8-;/m0./s1. The highest BCUT2D eigenvalue weighted by Crippen LogP contribution is 2.01. The summed E-state index contributed by atoms with van der Waals surface area (Å²) in [6.07, 6.45) is 0.385. The highest BCUT2D eigenvalue weighted by atomic mass is 32.3. The summed E-state index contributed by atoms with van der Waals surface area (Å²) < 4.78 is 55.6. The van der Waals surface area contributed by atoms with Gasteiger partial charge in [0.05, 0.1) is 0 Å². The Labute approximate surface area is 121 Å². The number of carboxylic acid groups (broad SMARTS) is 1. The maximum Gasteiger partial charge on any atom is 0.413 e. The number of hydrogen-bond donors (Lipinski definition) is 4. The summed E-state index contributed by atoms with van der Waals surface area (Å²) in [5.74, 6) is -0.959. The van der Waals surface area contributed by atoms with Gasteiger partial charge in [0.15, 0.2) is 0 Å². The van der Waals surface area contributed by atoms with E-state index in [1.807, 2.05) is 30.3 Å². The Kier molecular flexibility index (Phi) is 7.42. The minimum atomic E-state index is -5.12. The molecule has 0 unspecified atom stereocenters. The monoisotopic (exact) mass is 343 g/mol. The van der Waals surface area contributed by atoms with Crippen LogP contribution in [-0.4, -0.2) is 43.1 Å². The summed E-state index contributed by atoms with van der Waals surface area (Å²) in [7, 11) is -10.2. The summed E-state index contributed by atoms with van der Waals surface area (Å²) in [5, 5.41) is 8.52. The van der Waals surface area contributed by atoms with Crippen LogP contribution in [0, 0.1) is 0 Å². The zero-order valence-corrected chi connectivity index (χ0v) is 12.0. The van der Waals surface area contributed by atoms with Gasteiger partial charge in [-0.15, -0.1) is 3.63 Å². The van der Waals surface area contributed by atoms with E-state index in [1.54, 1.807) is 0 Å². The van der Waals surface area contributed by atoms with E-state index in [9.17, 15) is 21.6 Å². The highest BCUT2D eigenvalue weighted by molar-refractivity contribution is 7.94. The van der Waals surface area contributed by atoms with Gasteiger partial charge in [-0.2, -0.15) is 16.8 Å². The van der Waals surface area contributed by atoms with E-state index in [4.69, 9.17) is 19.9 Å². The molecule has 0 aromatic heterocycles. The van der Waals surface area contributed by atoms with Crippen molar-refractivity contribution in [2.45, 2.75) is 12.5 Å². The summed E-state index contributed by atoms with van der Waals surface area (Å²) >= 11 is 0. The number of carboxylic acids is 1. The molecule has 0 fully saturated rings. The number of hydrogen-bond acceptors (Lipinski definition) is 7. The fourth-order valence-corrected chi connectivity index (χ4v) is 1.93. The largest absolute Gasteiger partial charge is 0.480 e. The maximum atomic E-state index is 10.4. The maximum absolute atomic E-state index is 10.4. The Morgan fingerprint density at radius 2 is 1.52 bits per heavy atom. The fraction of sp³-hybridized carbons (Fsp3) is 0.222. The summed E-state index contributed by atoms with van der Waals surface area (Å²) in [4.78, 5) is 10.4. The zero-order chi connectivity index (χ0) is 16.7. The molecular formula is C9H13NO9S2. The van der Waals surface area contributed by atoms with Crippen LogP contribution in [0.3, 0.4) is 0 Å². The molecular weight excluding hydrogens is 330 g/mol. The molecule has 120 valence electrons. The van der Waals surface area contributed by atoms with Crippen molar-refractivity contribution in [2.24, 2.45) is 5.73 Å². The van der Waals surface area contributed by atoms with Crippen LogP contribution in [0.25, 0.3) is 0 Å². The Balaban J connectivity index is 0.000000400. The van der Waals surface area contributed by atoms with Crippen LogP contribution in [0.2, 0.25) is 0 Å². The van der Waals surface area contributed by atoms with E-state index in [-0.39, 0.29) is 0 Å². The van der Waals surface area contributed by atoms with Crippen molar-refractivity contribution in [1.29, 1.82) is 0 Å². The molecule has 0 aliphatic carbocycles. The number of nitrogens with two attached hydrogens (primary N) is 1. The van der Waals surface area contributed by atoms with Gasteiger partial charge in [0.25, 0.3) is 0 Å². The van der Waals surface area contributed by atoms with Crippen molar-refractivity contribution in [3.63, 3.8) is 0 Å². The molecule has 0 amide bonds. The molecule has 1 rings (SSSR count). The predicted molar refractivity (Wildman–Crippen MR) is 69.9 cm³/mol. The first-order valence-electron chi connectivity index (χ1n) is 5.09. The zero-order valence-electron chi connectivity index (χ0n) is 10.4. The summed E-state index contributed by atoms with van der Waals surface area (Å²) in [6, 6.07) is 8.54. The van der Waals surface area contributed by atoms with Crippen LogP contribution in [0.1, 0.15) is 5.56 Å². The van der Waals surface area contributed by atoms with Crippen LogP contribution < -0.4 is 5.73 Å². The Morgan fingerprint density at radius 1 is 1.10 bits per heavy atom. The minimum Gasteiger partial charge on any atom is -0.480 e. The van der Waals surface area contributed by atoms with E-state index in [2.05, 4.69) is 3.63 Å². The third kappa shape index (κ3) is 11.9. The molecule has 12 heteroatoms. The number of aliphatic carboxylic acids is 1. The van der Waals surface area contributed by atoms with E-state index < -0.39 is 32.8 Å². The molecule has 0 saturated heterocycles. The molecule has 0 spiro atoms. The highest BCUT2D eigenvalue weighted by Gasteiger charge is 2.15. The smallest absolute Gasteiger partial charge is 0.413 e. The lowest BCUT2D eigenvalue weighted by Crippen LogP contribution is -2.32.